The average molecular weight is 268 g/mol. The van der Waals surface area contributed by atoms with Gasteiger partial charge in [-0.05, 0) is 19.8 Å². The number of piperidine rings is 1. The molecule has 1 fully saturated rings. The number of nitrogens with zero attached hydrogens (tertiary/aromatic N) is 2. The number of nitrogens with one attached hydrogen (secondary N) is 2. The molecule has 19 heavy (non-hydrogen) atoms. The molecule has 0 aromatic rings. The summed E-state index contributed by atoms with van der Waals surface area (Å²) in [6, 6.07) is 2.07. The summed E-state index contributed by atoms with van der Waals surface area (Å²) >= 11 is 0. The van der Waals surface area contributed by atoms with E-state index in [2.05, 4.69) is 10.6 Å². The zero-order valence-electron chi connectivity index (χ0n) is 11.1. The number of amides is 2. The normalized spacial score (nSPS) is 15.7. The van der Waals surface area contributed by atoms with Crippen molar-refractivity contribution < 1.29 is 14.3 Å². The van der Waals surface area contributed by atoms with Crippen LogP contribution in [0.25, 0.3) is 0 Å². The van der Waals surface area contributed by atoms with E-state index in [9.17, 15) is 9.59 Å². The van der Waals surface area contributed by atoms with E-state index in [0.717, 1.165) is 12.8 Å². The van der Waals surface area contributed by atoms with Crippen LogP contribution in [0.3, 0.4) is 0 Å². The minimum absolute atomic E-state index is 0.0296. The standard InChI is InChI=1S/C12H20N4O3/c1-2-19-12(18)16-7-3-10(4-8-16)15-9-11(17)14-6-5-13/h10,15H,2-4,6-9H2,1H3,(H,14,17). The fourth-order valence-corrected chi connectivity index (χ4v) is 1.92. The Labute approximate surface area is 112 Å². The zero-order chi connectivity index (χ0) is 14.1. The molecule has 1 aliphatic heterocycles. The predicted molar refractivity (Wildman–Crippen MR) is 68.2 cm³/mol. The lowest BCUT2D eigenvalue weighted by molar-refractivity contribution is -0.120. The average Bonchev–Trinajstić information content (AvgIpc) is 2.43. The lowest BCUT2D eigenvalue weighted by Crippen LogP contribution is -2.47. The van der Waals surface area contributed by atoms with Crippen LogP contribution in [0, 0.1) is 11.3 Å². The number of rotatable bonds is 5. The third-order valence-corrected chi connectivity index (χ3v) is 2.94. The molecule has 0 radical (unpaired) electrons. The van der Waals surface area contributed by atoms with Crippen molar-refractivity contribution in [1.29, 1.82) is 5.26 Å². The van der Waals surface area contributed by atoms with Crippen LogP contribution in [0.5, 0.6) is 0 Å². The second-order valence-electron chi connectivity index (χ2n) is 4.28. The Balaban J connectivity index is 2.18. The van der Waals surface area contributed by atoms with E-state index in [1.54, 1.807) is 11.8 Å². The van der Waals surface area contributed by atoms with Gasteiger partial charge in [0.25, 0.3) is 0 Å². The van der Waals surface area contributed by atoms with Gasteiger partial charge < -0.3 is 20.3 Å². The molecule has 0 aromatic heterocycles. The van der Waals surface area contributed by atoms with Crippen LogP contribution in [-0.4, -0.2) is 55.7 Å². The van der Waals surface area contributed by atoms with E-state index in [0.29, 0.717) is 19.7 Å². The molecular formula is C12H20N4O3. The molecule has 2 N–H and O–H groups in total. The van der Waals surface area contributed by atoms with Crippen molar-refractivity contribution in [2.75, 3.05) is 32.8 Å². The highest BCUT2D eigenvalue weighted by Crippen LogP contribution is 2.11. The molecule has 0 bridgehead atoms. The molecule has 1 aliphatic rings. The molecule has 0 atom stereocenters. The quantitative estimate of drug-likeness (QED) is 0.675. The Morgan fingerprint density at radius 1 is 1.42 bits per heavy atom. The number of hydrogen-bond acceptors (Lipinski definition) is 5. The molecule has 0 aliphatic carbocycles. The van der Waals surface area contributed by atoms with E-state index in [-0.39, 0.29) is 31.1 Å². The van der Waals surface area contributed by atoms with Crippen LogP contribution in [0.2, 0.25) is 0 Å². The number of carbonyl (C=O) groups is 2. The molecule has 7 nitrogen and oxygen atoms in total. The van der Waals surface area contributed by atoms with Crippen molar-refractivity contribution >= 4 is 12.0 Å². The summed E-state index contributed by atoms with van der Waals surface area (Å²) in [5.74, 6) is -0.186. The Hall–Kier alpha value is -1.81. The fourth-order valence-electron chi connectivity index (χ4n) is 1.92. The van der Waals surface area contributed by atoms with Gasteiger partial charge in [-0.15, -0.1) is 0 Å². The Morgan fingerprint density at radius 2 is 2.11 bits per heavy atom. The second-order valence-corrected chi connectivity index (χ2v) is 4.28. The second kappa shape index (κ2) is 8.32. The summed E-state index contributed by atoms with van der Waals surface area (Å²) in [7, 11) is 0. The van der Waals surface area contributed by atoms with Crippen molar-refractivity contribution in [3.8, 4) is 6.07 Å². The number of carbonyl (C=O) groups excluding carboxylic acids is 2. The van der Waals surface area contributed by atoms with Crippen molar-refractivity contribution in [2.45, 2.75) is 25.8 Å². The van der Waals surface area contributed by atoms with Crippen LogP contribution in [0.1, 0.15) is 19.8 Å². The molecule has 0 saturated carbocycles. The van der Waals surface area contributed by atoms with Crippen molar-refractivity contribution in [2.24, 2.45) is 0 Å². The lowest BCUT2D eigenvalue weighted by Gasteiger charge is -2.31. The Kier molecular flexibility index (Phi) is 6.68. The van der Waals surface area contributed by atoms with Gasteiger partial charge in [0.1, 0.15) is 6.54 Å². The molecule has 106 valence electrons. The van der Waals surface area contributed by atoms with Crippen LogP contribution in [0.4, 0.5) is 4.79 Å². The van der Waals surface area contributed by atoms with Gasteiger partial charge in [-0.1, -0.05) is 0 Å². The summed E-state index contributed by atoms with van der Waals surface area (Å²) in [6.07, 6.45) is 1.32. The molecule has 7 heteroatoms. The van der Waals surface area contributed by atoms with Gasteiger partial charge in [-0.25, -0.2) is 4.79 Å². The van der Waals surface area contributed by atoms with Crippen molar-refractivity contribution in [3.63, 3.8) is 0 Å². The molecule has 1 heterocycles. The summed E-state index contributed by atoms with van der Waals surface area (Å²) in [5.41, 5.74) is 0. The first kappa shape index (κ1) is 15.2. The summed E-state index contributed by atoms with van der Waals surface area (Å²) in [4.78, 5) is 24.4. The van der Waals surface area contributed by atoms with E-state index in [4.69, 9.17) is 10.00 Å². The van der Waals surface area contributed by atoms with Crippen LogP contribution in [0.15, 0.2) is 0 Å². The van der Waals surface area contributed by atoms with Gasteiger partial charge in [-0.2, -0.15) is 5.26 Å². The van der Waals surface area contributed by atoms with Gasteiger partial charge in [0, 0.05) is 19.1 Å². The van der Waals surface area contributed by atoms with Gasteiger partial charge in [-0.3, -0.25) is 4.79 Å². The third kappa shape index (κ3) is 5.57. The molecule has 0 spiro atoms. The monoisotopic (exact) mass is 268 g/mol. The largest absolute Gasteiger partial charge is 0.450 e. The Morgan fingerprint density at radius 3 is 2.68 bits per heavy atom. The molecule has 0 unspecified atom stereocenters. The first-order valence-corrected chi connectivity index (χ1v) is 6.46. The minimum Gasteiger partial charge on any atom is -0.450 e. The molecule has 2 amide bonds. The third-order valence-electron chi connectivity index (χ3n) is 2.94. The van der Waals surface area contributed by atoms with Crippen LogP contribution in [-0.2, 0) is 9.53 Å². The Bertz CT molecular complexity index is 345. The molecular weight excluding hydrogens is 248 g/mol. The van der Waals surface area contributed by atoms with Gasteiger partial charge >= 0.3 is 6.09 Å². The maximum atomic E-state index is 11.5. The topological polar surface area (TPSA) is 94.5 Å². The van der Waals surface area contributed by atoms with Gasteiger partial charge in [0.2, 0.25) is 5.91 Å². The van der Waals surface area contributed by atoms with Crippen molar-refractivity contribution in [3.05, 3.63) is 0 Å². The fraction of sp³-hybridized carbons (Fsp3) is 0.750. The highest BCUT2D eigenvalue weighted by atomic mass is 16.6. The number of hydrogen-bond donors (Lipinski definition) is 2. The SMILES string of the molecule is CCOC(=O)N1CCC(NCC(=O)NCC#N)CC1. The maximum absolute atomic E-state index is 11.5. The minimum atomic E-state index is -0.271. The summed E-state index contributed by atoms with van der Waals surface area (Å²) in [6.45, 7) is 3.67. The highest BCUT2D eigenvalue weighted by molar-refractivity contribution is 5.78. The van der Waals surface area contributed by atoms with Crippen LogP contribution < -0.4 is 10.6 Å². The van der Waals surface area contributed by atoms with E-state index >= 15 is 0 Å². The number of nitriles is 1. The van der Waals surface area contributed by atoms with Gasteiger partial charge in [0.05, 0.1) is 19.2 Å². The zero-order valence-corrected chi connectivity index (χ0v) is 11.1. The summed E-state index contributed by atoms with van der Waals surface area (Å²) in [5, 5.41) is 13.9. The molecule has 0 aromatic carbocycles. The highest BCUT2D eigenvalue weighted by Gasteiger charge is 2.23. The van der Waals surface area contributed by atoms with Crippen molar-refractivity contribution in [1.82, 2.24) is 15.5 Å². The summed E-state index contributed by atoms with van der Waals surface area (Å²) < 4.78 is 4.93. The molecule has 1 rings (SSSR count). The first-order valence-electron chi connectivity index (χ1n) is 6.46. The van der Waals surface area contributed by atoms with Gasteiger partial charge in [0.15, 0.2) is 0 Å². The predicted octanol–water partition coefficient (Wildman–Crippen LogP) is -0.163. The number of likely N-dealkylation sites (tertiary alicyclic amines) is 1. The van der Waals surface area contributed by atoms with E-state index in [1.165, 1.54) is 0 Å². The van der Waals surface area contributed by atoms with E-state index in [1.807, 2.05) is 6.07 Å². The lowest BCUT2D eigenvalue weighted by atomic mass is 10.1. The smallest absolute Gasteiger partial charge is 0.409 e. The van der Waals surface area contributed by atoms with E-state index < -0.39 is 0 Å². The first-order chi connectivity index (χ1) is 9.17. The maximum Gasteiger partial charge on any atom is 0.409 e. The number of ether oxygens (including phenoxy) is 1. The molecule has 1 saturated heterocycles. The van der Waals surface area contributed by atoms with Crippen LogP contribution >= 0.6 is 0 Å².